The molecule has 0 heterocycles. The monoisotopic (exact) mass is 254 g/mol. The Kier molecular flexibility index (Phi) is 4.85. The van der Waals surface area contributed by atoms with Crippen molar-refractivity contribution in [3.63, 3.8) is 0 Å². The van der Waals surface area contributed by atoms with Crippen molar-refractivity contribution in [2.45, 2.75) is 20.3 Å². The van der Waals surface area contributed by atoms with Gasteiger partial charge in [0.05, 0.1) is 0 Å². The van der Waals surface area contributed by atoms with E-state index in [1.54, 1.807) is 0 Å². The van der Waals surface area contributed by atoms with E-state index in [1.165, 1.54) is 22.5 Å². The molecule has 2 nitrogen and oxygen atoms in total. The summed E-state index contributed by atoms with van der Waals surface area (Å²) in [4.78, 5) is 0. The third kappa shape index (κ3) is 4.02. The first-order chi connectivity index (χ1) is 9.31. The summed E-state index contributed by atoms with van der Waals surface area (Å²) in [6.07, 6.45) is 0.985. The molecule has 0 saturated carbocycles. The fourth-order valence-electron chi connectivity index (χ4n) is 2.12. The van der Waals surface area contributed by atoms with Crippen LogP contribution in [0.3, 0.4) is 0 Å². The van der Waals surface area contributed by atoms with Crippen molar-refractivity contribution in [2.24, 2.45) is 0 Å². The molecule has 0 amide bonds. The third-order valence-corrected chi connectivity index (χ3v) is 3.08. The Bertz CT molecular complexity index is 438. The zero-order valence-electron chi connectivity index (χ0n) is 11.7. The predicted molar refractivity (Wildman–Crippen MR) is 84.0 cm³/mol. The largest absolute Gasteiger partial charge is 0.385 e. The van der Waals surface area contributed by atoms with E-state index >= 15 is 0 Å². The summed E-state index contributed by atoms with van der Waals surface area (Å²) in [7, 11) is 0. The van der Waals surface area contributed by atoms with Crippen molar-refractivity contribution >= 4 is 11.4 Å². The number of hydrogen-bond donors (Lipinski definition) is 2. The van der Waals surface area contributed by atoms with Gasteiger partial charge in [-0.1, -0.05) is 24.3 Å². The molecule has 0 aliphatic carbocycles. The van der Waals surface area contributed by atoms with Crippen molar-refractivity contribution < 1.29 is 0 Å². The fourth-order valence-corrected chi connectivity index (χ4v) is 2.12. The summed E-state index contributed by atoms with van der Waals surface area (Å²) in [6, 6.07) is 17.3. The number of hydrogen-bond acceptors (Lipinski definition) is 2. The molecular formula is C17H22N2. The lowest BCUT2D eigenvalue weighted by molar-refractivity contribution is 1.17. The molecular weight excluding hydrogens is 232 g/mol. The maximum absolute atomic E-state index is 3.31. The Morgan fingerprint density at radius 1 is 0.632 bits per heavy atom. The van der Waals surface area contributed by atoms with Crippen LogP contribution in [0, 0.1) is 0 Å². The van der Waals surface area contributed by atoms with Crippen LogP contribution in [0.4, 0.5) is 11.4 Å². The maximum atomic E-state index is 3.31. The quantitative estimate of drug-likeness (QED) is 0.809. The van der Waals surface area contributed by atoms with Crippen LogP contribution < -0.4 is 10.6 Å². The minimum Gasteiger partial charge on any atom is -0.385 e. The second kappa shape index (κ2) is 6.83. The average molecular weight is 254 g/mol. The Labute approximate surface area is 115 Å². The molecule has 0 fully saturated rings. The Morgan fingerprint density at radius 2 is 1.00 bits per heavy atom. The van der Waals surface area contributed by atoms with Crippen molar-refractivity contribution in [3.8, 4) is 0 Å². The van der Waals surface area contributed by atoms with Gasteiger partial charge in [-0.25, -0.2) is 0 Å². The molecule has 0 spiro atoms. The lowest BCUT2D eigenvalue weighted by Crippen LogP contribution is -1.97. The highest BCUT2D eigenvalue weighted by Crippen LogP contribution is 2.15. The van der Waals surface area contributed by atoms with Gasteiger partial charge in [0, 0.05) is 24.5 Å². The van der Waals surface area contributed by atoms with E-state index in [1.807, 2.05) is 0 Å². The van der Waals surface area contributed by atoms with Gasteiger partial charge in [0.2, 0.25) is 0 Å². The fraction of sp³-hybridized carbons (Fsp3) is 0.294. The molecule has 2 heteroatoms. The molecule has 2 N–H and O–H groups in total. The first kappa shape index (κ1) is 13.5. The summed E-state index contributed by atoms with van der Waals surface area (Å²) in [5.41, 5.74) is 5.07. The number of rotatable bonds is 6. The molecule has 0 aliphatic heterocycles. The molecule has 0 aromatic heterocycles. The van der Waals surface area contributed by atoms with Gasteiger partial charge in [-0.3, -0.25) is 0 Å². The molecule has 0 radical (unpaired) electrons. The van der Waals surface area contributed by atoms with Crippen molar-refractivity contribution in [3.05, 3.63) is 59.7 Å². The van der Waals surface area contributed by atoms with Gasteiger partial charge >= 0.3 is 0 Å². The molecule has 0 atom stereocenters. The van der Waals surface area contributed by atoms with Gasteiger partial charge in [0.1, 0.15) is 0 Å². The standard InChI is InChI=1S/C17H22N2/c1-3-18-16-9-5-14(6-10-16)13-15-7-11-17(12-8-15)19-4-2/h5-12,18-19H,3-4,13H2,1-2H3. The summed E-state index contributed by atoms with van der Waals surface area (Å²) < 4.78 is 0. The summed E-state index contributed by atoms with van der Waals surface area (Å²) in [5.74, 6) is 0. The summed E-state index contributed by atoms with van der Waals surface area (Å²) in [6.45, 7) is 6.15. The number of benzene rings is 2. The highest BCUT2D eigenvalue weighted by atomic mass is 14.8. The minimum atomic E-state index is 0.964. The predicted octanol–water partition coefficient (Wildman–Crippen LogP) is 4.14. The maximum Gasteiger partial charge on any atom is 0.0340 e. The van der Waals surface area contributed by atoms with E-state index < -0.39 is 0 Å². The highest BCUT2D eigenvalue weighted by molar-refractivity contribution is 5.47. The molecule has 100 valence electrons. The van der Waals surface area contributed by atoms with Crippen LogP contribution in [0.25, 0.3) is 0 Å². The van der Waals surface area contributed by atoms with Gasteiger partial charge in [-0.2, -0.15) is 0 Å². The topological polar surface area (TPSA) is 24.1 Å². The van der Waals surface area contributed by atoms with E-state index in [-0.39, 0.29) is 0 Å². The molecule has 0 aliphatic rings. The Morgan fingerprint density at radius 3 is 1.32 bits per heavy atom. The lowest BCUT2D eigenvalue weighted by Gasteiger charge is -2.07. The second-order valence-electron chi connectivity index (χ2n) is 4.63. The van der Waals surface area contributed by atoms with Crippen LogP contribution in [-0.4, -0.2) is 13.1 Å². The lowest BCUT2D eigenvalue weighted by atomic mass is 10.0. The average Bonchev–Trinajstić information content (AvgIpc) is 2.44. The van der Waals surface area contributed by atoms with E-state index in [2.05, 4.69) is 73.0 Å². The molecule has 0 bridgehead atoms. The van der Waals surface area contributed by atoms with E-state index in [4.69, 9.17) is 0 Å². The van der Waals surface area contributed by atoms with Crippen molar-refractivity contribution in [1.82, 2.24) is 0 Å². The first-order valence-corrected chi connectivity index (χ1v) is 6.97. The molecule has 0 unspecified atom stereocenters. The van der Waals surface area contributed by atoms with Crippen molar-refractivity contribution in [2.75, 3.05) is 23.7 Å². The Balaban J connectivity index is 1.99. The summed E-state index contributed by atoms with van der Waals surface area (Å²) in [5, 5.41) is 6.62. The van der Waals surface area contributed by atoms with Gasteiger partial charge < -0.3 is 10.6 Å². The molecule has 2 aromatic carbocycles. The SMILES string of the molecule is CCNc1ccc(Cc2ccc(NCC)cc2)cc1. The van der Waals surface area contributed by atoms with Crippen LogP contribution in [0.15, 0.2) is 48.5 Å². The molecule has 2 aromatic rings. The molecule has 2 rings (SSSR count). The van der Waals surface area contributed by atoms with Crippen LogP contribution in [-0.2, 0) is 6.42 Å². The van der Waals surface area contributed by atoms with Crippen LogP contribution in [0.5, 0.6) is 0 Å². The van der Waals surface area contributed by atoms with E-state index in [9.17, 15) is 0 Å². The zero-order chi connectivity index (χ0) is 13.5. The van der Waals surface area contributed by atoms with Crippen LogP contribution >= 0.6 is 0 Å². The minimum absolute atomic E-state index is 0.964. The third-order valence-electron chi connectivity index (χ3n) is 3.08. The molecule has 19 heavy (non-hydrogen) atoms. The van der Waals surface area contributed by atoms with Gasteiger partial charge in [-0.05, 0) is 55.7 Å². The smallest absolute Gasteiger partial charge is 0.0340 e. The zero-order valence-corrected chi connectivity index (χ0v) is 11.7. The van der Waals surface area contributed by atoms with Crippen molar-refractivity contribution in [1.29, 1.82) is 0 Å². The normalized spacial score (nSPS) is 10.2. The first-order valence-electron chi connectivity index (χ1n) is 6.97. The highest BCUT2D eigenvalue weighted by Gasteiger charge is 1.97. The van der Waals surface area contributed by atoms with Gasteiger partial charge in [-0.15, -0.1) is 0 Å². The Hall–Kier alpha value is -1.96. The van der Waals surface area contributed by atoms with Crippen LogP contribution in [0.1, 0.15) is 25.0 Å². The second-order valence-corrected chi connectivity index (χ2v) is 4.63. The van der Waals surface area contributed by atoms with E-state index in [0.717, 1.165) is 19.5 Å². The van der Waals surface area contributed by atoms with E-state index in [0.29, 0.717) is 0 Å². The number of nitrogens with one attached hydrogen (secondary N) is 2. The van der Waals surface area contributed by atoms with Crippen LogP contribution in [0.2, 0.25) is 0 Å². The summed E-state index contributed by atoms with van der Waals surface area (Å²) >= 11 is 0. The number of anilines is 2. The molecule has 0 saturated heterocycles. The van der Waals surface area contributed by atoms with Gasteiger partial charge in [0.15, 0.2) is 0 Å². The van der Waals surface area contributed by atoms with Gasteiger partial charge in [0.25, 0.3) is 0 Å².